The van der Waals surface area contributed by atoms with Crippen molar-refractivity contribution in [2.45, 2.75) is 31.2 Å². The van der Waals surface area contributed by atoms with Crippen LogP contribution in [0.3, 0.4) is 0 Å². The Hall–Kier alpha value is -3.12. The molecule has 0 radical (unpaired) electrons. The first-order valence-electron chi connectivity index (χ1n) is 9.89. The van der Waals surface area contributed by atoms with E-state index in [1.165, 1.54) is 16.6 Å². The van der Waals surface area contributed by atoms with Crippen molar-refractivity contribution in [2.75, 3.05) is 0 Å². The number of nitrogens with zero attached hydrogens (tertiary/aromatic N) is 1. The summed E-state index contributed by atoms with van der Waals surface area (Å²) in [5.41, 5.74) is 2.38. The van der Waals surface area contributed by atoms with Gasteiger partial charge in [0.15, 0.2) is 5.76 Å². The highest BCUT2D eigenvalue weighted by Gasteiger charge is 2.50. The monoisotopic (exact) mass is 421 g/mol. The van der Waals surface area contributed by atoms with E-state index in [0.717, 1.165) is 11.1 Å². The molecule has 0 spiro atoms. The van der Waals surface area contributed by atoms with Crippen LogP contribution in [0, 0.1) is 12.8 Å². The van der Waals surface area contributed by atoms with Crippen LogP contribution in [0.4, 0.5) is 0 Å². The smallest absolute Gasteiger partial charge is 0.264 e. The lowest BCUT2D eigenvalue weighted by molar-refractivity contribution is 0.100. The molecule has 4 rings (SSSR count). The lowest BCUT2D eigenvalue weighted by atomic mass is 9.80. The number of ketones is 1. The van der Waals surface area contributed by atoms with E-state index >= 15 is 0 Å². The highest BCUT2D eigenvalue weighted by Crippen LogP contribution is 2.52. The number of benzene rings is 2. The van der Waals surface area contributed by atoms with Crippen LogP contribution in [0.5, 0.6) is 0 Å². The summed E-state index contributed by atoms with van der Waals surface area (Å²) in [5.74, 6) is -0.246. The van der Waals surface area contributed by atoms with E-state index in [1.54, 1.807) is 36.4 Å². The van der Waals surface area contributed by atoms with E-state index in [4.69, 9.17) is 4.42 Å². The van der Waals surface area contributed by atoms with Crippen LogP contribution < -0.4 is 0 Å². The number of sulfonamides is 1. The first-order chi connectivity index (χ1) is 14.4. The molecule has 1 aliphatic rings. The molecule has 0 bridgehead atoms. The molecule has 0 saturated carbocycles. The van der Waals surface area contributed by atoms with Crippen LogP contribution in [-0.4, -0.2) is 18.5 Å². The van der Waals surface area contributed by atoms with Crippen LogP contribution in [0.15, 0.2) is 94.1 Å². The number of rotatable bonds is 6. The summed E-state index contributed by atoms with van der Waals surface area (Å²) < 4.78 is 33.8. The molecule has 30 heavy (non-hydrogen) atoms. The predicted molar refractivity (Wildman–Crippen MR) is 114 cm³/mol. The molecule has 2 aromatic carbocycles. The first-order valence-corrected chi connectivity index (χ1v) is 11.3. The zero-order valence-electron chi connectivity index (χ0n) is 16.9. The quantitative estimate of drug-likeness (QED) is 0.409. The van der Waals surface area contributed by atoms with E-state index in [2.05, 4.69) is 0 Å². The van der Waals surface area contributed by atoms with Crippen molar-refractivity contribution in [2.24, 2.45) is 5.92 Å². The molecular formula is C24H23NO4S. The second kappa shape index (κ2) is 7.95. The molecule has 1 aromatic heterocycles. The Labute approximate surface area is 176 Å². The number of aryl methyl sites for hydroxylation is 1. The highest BCUT2D eigenvalue weighted by atomic mass is 32.2. The summed E-state index contributed by atoms with van der Waals surface area (Å²) in [6.45, 7) is 3.91. The number of allylic oxidation sites excluding steroid dienone is 1. The molecule has 0 N–H and O–H groups in total. The summed E-state index contributed by atoms with van der Waals surface area (Å²) >= 11 is 0. The molecular weight excluding hydrogens is 398 g/mol. The van der Waals surface area contributed by atoms with Gasteiger partial charge in [-0.15, -0.1) is 0 Å². The molecule has 154 valence electrons. The van der Waals surface area contributed by atoms with Gasteiger partial charge in [-0.1, -0.05) is 55.0 Å². The number of carbonyl (C=O) groups excluding carboxylic acids is 1. The molecule has 1 aliphatic heterocycles. The van der Waals surface area contributed by atoms with Crippen molar-refractivity contribution in [1.82, 2.24) is 4.31 Å². The van der Waals surface area contributed by atoms with E-state index in [1.807, 2.05) is 44.2 Å². The lowest BCUT2D eigenvalue weighted by Gasteiger charge is -2.50. The fourth-order valence-electron chi connectivity index (χ4n) is 3.92. The molecule has 2 heterocycles. The van der Waals surface area contributed by atoms with Gasteiger partial charge in [0.2, 0.25) is 5.78 Å². The topological polar surface area (TPSA) is 67.6 Å². The largest absolute Gasteiger partial charge is 0.461 e. The van der Waals surface area contributed by atoms with Gasteiger partial charge in [-0.25, -0.2) is 8.42 Å². The maximum absolute atomic E-state index is 13.6. The molecule has 3 aromatic rings. The number of hydrogen-bond acceptors (Lipinski definition) is 4. The molecule has 0 unspecified atom stereocenters. The van der Waals surface area contributed by atoms with Gasteiger partial charge in [0.05, 0.1) is 17.2 Å². The highest BCUT2D eigenvalue weighted by molar-refractivity contribution is 7.89. The molecule has 2 atom stereocenters. The standard InChI is InChI=1S/C24H23NO4S/c1-3-20-21(16-22(26)23-10-7-15-29-23)25(24(20)18-8-5-4-6-9-18)30(27,28)19-13-11-17(2)12-14-19/h4-16,20,24H,3H2,1-2H3/b21-16+/t20-,24+/m0/s1. The van der Waals surface area contributed by atoms with Crippen LogP contribution in [0.1, 0.15) is 41.1 Å². The molecule has 1 fully saturated rings. The Balaban J connectivity index is 1.82. The normalized spacial score (nSPS) is 20.2. The minimum absolute atomic E-state index is 0.0912. The third-order valence-corrected chi connectivity index (χ3v) is 7.29. The lowest BCUT2D eigenvalue weighted by Crippen LogP contribution is -2.50. The third-order valence-electron chi connectivity index (χ3n) is 5.47. The van der Waals surface area contributed by atoms with Crippen molar-refractivity contribution in [3.05, 3.63) is 102 Å². The van der Waals surface area contributed by atoms with Gasteiger partial charge < -0.3 is 4.42 Å². The molecule has 0 amide bonds. The minimum atomic E-state index is -3.84. The summed E-state index contributed by atoms with van der Waals surface area (Å²) in [7, 11) is -3.84. The van der Waals surface area contributed by atoms with Gasteiger partial charge in [0.1, 0.15) is 0 Å². The molecule has 0 aliphatic carbocycles. The molecule has 1 saturated heterocycles. The van der Waals surface area contributed by atoms with Gasteiger partial charge in [-0.05, 0) is 43.2 Å². The second-order valence-electron chi connectivity index (χ2n) is 7.39. The zero-order valence-corrected chi connectivity index (χ0v) is 17.7. The van der Waals surface area contributed by atoms with E-state index in [0.29, 0.717) is 12.1 Å². The van der Waals surface area contributed by atoms with Crippen LogP contribution >= 0.6 is 0 Å². The van der Waals surface area contributed by atoms with Crippen LogP contribution in [-0.2, 0) is 10.0 Å². The summed E-state index contributed by atoms with van der Waals surface area (Å²) in [6, 6.07) is 19.2. The first kappa shape index (κ1) is 20.2. The van der Waals surface area contributed by atoms with Gasteiger partial charge >= 0.3 is 0 Å². The van der Waals surface area contributed by atoms with Crippen molar-refractivity contribution >= 4 is 15.8 Å². The van der Waals surface area contributed by atoms with Crippen molar-refractivity contribution < 1.29 is 17.6 Å². The Morgan fingerprint density at radius 3 is 2.33 bits per heavy atom. The van der Waals surface area contributed by atoms with Crippen molar-refractivity contribution in [1.29, 1.82) is 0 Å². The summed E-state index contributed by atoms with van der Waals surface area (Å²) in [4.78, 5) is 12.9. The predicted octanol–water partition coefficient (Wildman–Crippen LogP) is 5.13. The average Bonchev–Trinajstić information content (AvgIpc) is 3.27. The maximum Gasteiger partial charge on any atom is 0.264 e. The number of hydrogen-bond donors (Lipinski definition) is 0. The summed E-state index contributed by atoms with van der Waals surface area (Å²) in [6.07, 6.45) is 3.53. The van der Waals surface area contributed by atoms with Gasteiger partial charge in [0, 0.05) is 17.7 Å². The van der Waals surface area contributed by atoms with Crippen molar-refractivity contribution in [3.8, 4) is 0 Å². The van der Waals surface area contributed by atoms with Gasteiger partial charge in [0.25, 0.3) is 10.0 Å². The second-order valence-corrected chi connectivity index (χ2v) is 9.21. The maximum atomic E-state index is 13.6. The molecule has 6 heteroatoms. The Morgan fingerprint density at radius 1 is 1.03 bits per heavy atom. The average molecular weight is 422 g/mol. The fraction of sp³-hybridized carbons (Fsp3) is 0.208. The zero-order chi connectivity index (χ0) is 21.3. The number of carbonyl (C=O) groups is 1. The van der Waals surface area contributed by atoms with Crippen molar-refractivity contribution in [3.63, 3.8) is 0 Å². The van der Waals surface area contributed by atoms with Gasteiger partial charge in [-0.3, -0.25) is 9.10 Å². The number of furan rings is 1. The Kier molecular flexibility index (Phi) is 5.35. The van der Waals surface area contributed by atoms with Gasteiger partial charge in [-0.2, -0.15) is 0 Å². The van der Waals surface area contributed by atoms with Crippen LogP contribution in [0.25, 0.3) is 0 Å². The Bertz CT molecular complexity index is 1160. The third kappa shape index (κ3) is 3.48. The molecule has 5 nitrogen and oxygen atoms in total. The van der Waals surface area contributed by atoms with Crippen LogP contribution in [0.2, 0.25) is 0 Å². The van der Waals surface area contributed by atoms with E-state index < -0.39 is 10.0 Å². The Morgan fingerprint density at radius 2 is 1.73 bits per heavy atom. The summed E-state index contributed by atoms with van der Waals surface area (Å²) in [5, 5.41) is 0. The fourth-order valence-corrected chi connectivity index (χ4v) is 5.66. The van der Waals surface area contributed by atoms with E-state index in [9.17, 15) is 13.2 Å². The SMILES string of the molecule is CC[C@H]1/C(=C\C(=O)c2ccco2)N(S(=O)(=O)c2ccc(C)cc2)[C@@H]1c1ccccc1. The minimum Gasteiger partial charge on any atom is -0.461 e. The van der Waals surface area contributed by atoms with E-state index in [-0.39, 0.29) is 28.4 Å².